The summed E-state index contributed by atoms with van der Waals surface area (Å²) < 4.78 is 5.39. The van der Waals surface area contributed by atoms with Crippen molar-refractivity contribution in [2.75, 3.05) is 6.61 Å². The third-order valence-corrected chi connectivity index (χ3v) is 3.63. The molecule has 1 aliphatic heterocycles. The lowest BCUT2D eigenvalue weighted by Crippen LogP contribution is -2.46. The lowest BCUT2D eigenvalue weighted by atomic mass is 10.0. The maximum Gasteiger partial charge on any atom is 0.308 e. The van der Waals surface area contributed by atoms with Crippen LogP contribution in [0.2, 0.25) is 0 Å². The van der Waals surface area contributed by atoms with Crippen LogP contribution in [0.5, 0.6) is 0 Å². The van der Waals surface area contributed by atoms with Crippen LogP contribution in [0.1, 0.15) is 38.5 Å². The van der Waals surface area contributed by atoms with E-state index in [2.05, 4.69) is 5.32 Å². The highest BCUT2D eigenvalue weighted by Gasteiger charge is 2.35. The maximum absolute atomic E-state index is 11.9. The lowest BCUT2D eigenvalue weighted by molar-refractivity contribution is -0.143. The molecule has 2 rings (SSSR count). The third-order valence-electron chi connectivity index (χ3n) is 3.63. The van der Waals surface area contributed by atoms with E-state index in [1.807, 2.05) is 0 Å². The Morgan fingerprint density at radius 2 is 1.94 bits per heavy atom. The van der Waals surface area contributed by atoms with Gasteiger partial charge in [-0.3, -0.25) is 9.59 Å². The molecule has 1 saturated carbocycles. The first-order valence-corrected chi connectivity index (χ1v) is 6.33. The van der Waals surface area contributed by atoms with Gasteiger partial charge in [0.1, 0.15) is 6.10 Å². The first-order valence-electron chi connectivity index (χ1n) is 6.33. The van der Waals surface area contributed by atoms with Gasteiger partial charge in [0, 0.05) is 12.6 Å². The summed E-state index contributed by atoms with van der Waals surface area (Å²) in [7, 11) is 0. The van der Waals surface area contributed by atoms with Crippen LogP contribution < -0.4 is 5.32 Å². The van der Waals surface area contributed by atoms with E-state index < -0.39 is 11.9 Å². The number of carbonyl (C=O) groups is 2. The zero-order chi connectivity index (χ0) is 12.3. The molecule has 5 nitrogen and oxygen atoms in total. The molecule has 1 saturated heterocycles. The molecule has 2 fully saturated rings. The SMILES string of the molecule is O=C(N[C@@H]1CCC[C@H]1C(=O)O)[C@H]1CCCCO1. The fourth-order valence-electron chi connectivity index (χ4n) is 2.65. The maximum atomic E-state index is 11.9. The second kappa shape index (κ2) is 5.49. The van der Waals surface area contributed by atoms with E-state index in [1.54, 1.807) is 0 Å². The van der Waals surface area contributed by atoms with Gasteiger partial charge < -0.3 is 15.2 Å². The fraction of sp³-hybridized carbons (Fsp3) is 0.833. The summed E-state index contributed by atoms with van der Waals surface area (Å²) in [6.07, 6.45) is 4.67. The highest BCUT2D eigenvalue weighted by molar-refractivity contribution is 5.82. The minimum atomic E-state index is -0.808. The molecule has 96 valence electrons. The highest BCUT2D eigenvalue weighted by Crippen LogP contribution is 2.26. The van der Waals surface area contributed by atoms with Crippen LogP contribution in [-0.4, -0.2) is 35.7 Å². The largest absolute Gasteiger partial charge is 0.481 e. The molecule has 2 N–H and O–H groups in total. The minimum absolute atomic E-state index is 0.136. The van der Waals surface area contributed by atoms with Gasteiger partial charge in [-0.15, -0.1) is 0 Å². The summed E-state index contributed by atoms with van der Waals surface area (Å²) >= 11 is 0. The third kappa shape index (κ3) is 2.97. The van der Waals surface area contributed by atoms with Crippen molar-refractivity contribution in [2.24, 2.45) is 5.92 Å². The molecule has 0 unspecified atom stereocenters. The van der Waals surface area contributed by atoms with Gasteiger partial charge in [-0.25, -0.2) is 0 Å². The van der Waals surface area contributed by atoms with Crippen LogP contribution in [0.4, 0.5) is 0 Å². The standard InChI is InChI=1S/C12H19NO4/c14-11(10-6-1-2-7-17-10)13-9-5-3-4-8(9)12(15)16/h8-10H,1-7H2,(H,13,14)(H,15,16)/t8-,9-,10-/m1/s1. The van der Waals surface area contributed by atoms with E-state index in [4.69, 9.17) is 9.84 Å². The van der Waals surface area contributed by atoms with Crippen LogP contribution >= 0.6 is 0 Å². The normalized spacial score (nSPS) is 33.3. The van der Waals surface area contributed by atoms with Crippen LogP contribution in [0.15, 0.2) is 0 Å². The molecule has 0 spiro atoms. The van der Waals surface area contributed by atoms with Crippen molar-refractivity contribution < 1.29 is 19.4 Å². The van der Waals surface area contributed by atoms with Crippen molar-refractivity contribution in [3.63, 3.8) is 0 Å². The molecule has 5 heteroatoms. The van der Waals surface area contributed by atoms with Crippen molar-refractivity contribution in [3.8, 4) is 0 Å². The number of amides is 1. The van der Waals surface area contributed by atoms with E-state index >= 15 is 0 Å². The van der Waals surface area contributed by atoms with Crippen molar-refractivity contribution in [2.45, 2.75) is 50.7 Å². The van der Waals surface area contributed by atoms with Gasteiger partial charge in [-0.1, -0.05) is 6.42 Å². The Kier molecular flexibility index (Phi) is 3.99. The zero-order valence-corrected chi connectivity index (χ0v) is 9.85. The van der Waals surface area contributed by atoms with Crippen molar-refractivity contribution in [1.82, 2.24) is 5.32 Å². The van der Waals surface area contributed by atoms with Crippen molar-refractivity contribution in [3.05, 3.63) is 0 Å². The molecule has 2 aliphatic rings. The summed E-state index contributed by atoms with van der Waals surface area (Å²) in [5.74, 6) is -1.37. The number of hydrogen-bond donors (Lipinski definition) is 2. The highest BCUT2D eigenvalue weighted by atomic mass is 16.5. The summed E-state index contributed by atoms with van der Waals surface area (Å²) in [4.78, 5) is 22.9. The molecular formula is C12H19NO4. The number of aliphatic carboxylic acids is 1. The van der Waals surface area contributed by atoms with Crippen LogP contribution in [0.25, 0.3) is 0 Å². The molecule has 0 radical (unpaired) electrons. The van der Waals surface area contributed by atoms with E-state index in [0.29, 0.717) is 13.0 Å². The van der Waals surface area contributed by atoms with Gasteiger partial charge in [-0.2, -0.15) is 0 Å². The zero-order valence-electron chi connectivity index (χ0n) is 9.85. The average Bonchev–Trinajstić information content (AvgIpc) is 2.78. The second-order valence-electron chi connectivity index (χ2n) is 4.85. The summed E-state index contributed by atoms with van der Waals surface area (Å²) in [6, 6.07) is -0.217. The van der Waals surface area contributed by atoms with Crippen molar-refractivity contribution >= 4 is 11.9 Å². The molecule has 1 aliphatic carbocycles. The number of ether oxygens (including phenoxy) is 1. The number of carboxylic acids is 1. The van der Waals surface area contributed by atoms with Crippen LogP contribution in [0, 0.1) is 5.92 Å². The Balaban J connectivity index is 1.86. The van der Waals surface area contributed by atoms with E-state index in [1.165, 1.54) is 0 Å². The average molecular weight is 241 g/mol. The molecular weight excluding hydrogens is 222 g/mol. The van der Waals surface area contributed by atoms with Gasteiger partial charge in [0.05, 0.1) is 5.92 Å². The topological polar surface area (TPSA) is 75.6 Å². The second-order valence-corrected chi connectivity index (χ2v) is 4.85. The van der Waals surface area contributed by atoms with Gasteiger partial charge in [-0.05, 0) is 32.1 Å². The minimum Gasteiger partial charge on any atom is -0.481 e. The van der Waals surface area contributed by atoms with Gasteiger partial charge in [0.2, 0.25) is 5.91 Å². The van der Waals surface area contributed by atoms with Crippen molar-refractivity contribution in [1.29, 1.82) is 0 Å². The Morgan fingerprint density at radius 3 is 2.59 bits per heavy atom. The summed E-state index contributed by atoms with van der Waals surface area (Å²) in [5.41, 5.74) is 0. The predicted molar refractivity (Wildman–Crippen MR) is 60.5 cm³/mol. The number of carboxylic acid groups (broad SMARTS) is 1. The molecule has 0 aromatic heterocycles. The smallest absolute Gasteiger partial charge is 0.308 e. The first-order chi connectivity index (χ1) is 8.18. The van der Waals surface area contributed by atoms with E-state index in [-0.39, 0.29) is 18.1 Å². The Morgan fingerprint density at radius 1 is 1.12 bits per heavy atom. The quantitative estimate of drug-likeness (QED) is 0.770. The monoisotopic (exact) mass is 241 g/mol. The Hall–Kier alpha value is -1.10. The number of carbonyl (C=O) groups excluding carboxylic acids is 1. The lowest BCUT2D eigenvalue weighted by Gasteiger charge is -2.25. The fourth-order valence-corrected chi connectivity index (χ4v) is 2.65. The van der Waals surface area contributed by atoms with Gasteiger partial charge >= 0.3 is 5.97 Å². The summed E-state index contributed by atoms with van der Waals surface area (Å²) in [6.45, 7) is 0.630. The Labute approximate surface area is 101 Å². The molecule has 17 heavy (non-hydrogen) atoms. The first kappa shape index (κ1) is 12.4. The van der Waals surface area contributed by atoms with Crippen LogP contribution in [0.3, 0.4) is 0 Å². The van der Waals surface area contributed by atoms with E-state index in [0.717, 1.165) is 32.1 Å². The Bertz CT molecular complexity index is 299. The van der Waals surface area contributed by atoms with Crippen LogP contribution in [-0.2, 0) is 14.3 Å². The number of nitrogens with one attached hydrogen (secondary N) is 1. The summed E-state index contributed by atoms with van der Waals surface area (Å²) in [5, 5.41) is 11.9. The van der Waals surface area contributed by atoms with Gasteiger partial charge in [0.25, 0.3) is 0 Å². The van der Waals surface area contributed by atoms with E-state index in [9.17, 15) is 9.59 Å². The predicted octanol–water partition coefficient (Wildman–Crippen LogP) is 0.925. The molecule has 0 aromatic rings. The molecule has 1 amide bonds. The molecule has 0 aromatic carbocycles. The molecule has 0 bridgehead atoms. The number of hydrogen-bond acceptors (Lipinski definition) is 3. The van der Waals surface area contributed by atoms with Gasteiger partial charge in [0.15, 0.2) is 0 Å². The molecule has 1 heterocycles. The molecule has 3 atom stereocenters. The number of rotatable bonds is 3.